The number of nitriles is 2. The molecule has 2 heterocycles. The van der Waals surface area contributed by atoms with Crippen molar-refractivity contribution in [2.24, 2.45) is 10.2 Å². The summed E-state index contributed by atoms with van der Waals surface area (Å²) in [5.41, 5.74) is -0.526. The number of nitrogens with zero attached hydrogens (tertiary/aromatic N) is 6. The van der Waals surface area contributed by atoms with Gasteiger partial charge in [-0.05, 0) is 19.1 Å². The van der Waals surface area contributed by atoms with Crippen LogP contribution in [0.2, 0.25) is 0 Å². The van der Waals surface area contributed by atoms with Crippen LogP contribution in [0.25, 0.3) is 11.3 Å². The molecule has 0 bridgehead atoms. The monoisotopic (exact) mass is 349 g/mol. The lowest BCUT2D eigenvalue weighted by Gasteiger charge is -2.01. The van der Waals surface area contributed by atoms with Gasteiger partial charge in [-0.2, -0.15) is 15.5 Å². The molecule has 128 valence electrons. The molecule has 0 spiro atoms. The zero-order valence-electron chi connectivity index (χ0n) is 13.5. The van der Waals surface area contributed by atoms with Gasteiger partial charge in [0.25, 0.3) is 5.95 Å². The number of azo groups is 1. The molecule has 0 fully saturated rings. The Morgan fingerprint density at radius 1 is 1.31 bits per heavy atom. The number of rotatable bonds is 4. The van der Waals surface area contributed by atoms with Crippen molar-refractivity contribution in [3.8, 4) is 29.1 Å². The predicted molar refractivity (Wildman–Crippen MR) is 87.9 cm³/mol. The molecule has 0 saturated carbocycles. The largest absolute Gasteiger partial charge is 0.507 e. The van der Waals surface area contributed by atoms with Gasteiger partial charge in [-0.3, -0.25) is 4.57 Å². The molecule has 2 aromatic heterocycles. The van der Waals surface area contributed by atoms with E-state index in [0.717, 1.165) is 0 Å². The minimum atomic E-state index is -0.789. The van der Waals surface area contributed by atoms with Gasteiger partial charge in [0.15, 0.2) is 17.1 Å². The molecule has 1 aromatic carbocycles. The first-order chi connectivity index (χ1) is 12.6. The Morgan fingerprint density at radius 2 is 2.08 bits per heavy atom. The second-order valence-corrected chi connectivity index (χ2v) is 5.01. The number of H-pyrrole nitrogens is 1. The van der Waals surface area contributed by atoms with Crippen molar-refractivity contribution in [3.63, 3.8) is 0 Å². The zero-order valence-corrected chi connectivity index (χ0v) is 13.5. The molecule has 3 aromatic rings. The molecule has 3 rings (SSSR count). The Morgan fingerprint density at radius 3 is 2.73 bits per heavy atom. The van der Waals surface area contributed by atoms with Crippen molar-refractivity contribution in [2.45, 2.75) is 13.5 Å². The molecule has 0 amide bonds. The number of benzene rings is 1. The number of hydrogen-bond acceptors (Lipinski definition) is 8. The third-order valence-corrected chi connectivity index (χ3v) is 3.56. The number of aromatic amines is 1. The molecule has 2 N–H and O–H groups in total. The van der Waals surface area contributed by atoms with E-state index >= 15 is 0 Å². The van der Waals surface area contributed by atoms with Gasteiger partial charge < -0.3 is 9.63 Å². The smallest absolute Gasteiger partial charge is 0.385 e. The van der Waals surface area contributed by atoms with Crippen LogP contribution in [-0.4, -0.2) is 19.8 Å². The molecule has 26 heavy (non-hydrogen) atoms. The third-order valence-electron chi connectivity index (χ3n) is 3.56. The minimum Gasteiger partial charge on any atom is -0.507 e. The molecule has 0 aliphatic rings. The average molecular weight is 349 g/mol. The summed E-state index contributed by atoms with van der Waals surface area (Å²) < 4.78 is 6.14. The van der Waals surface area contributed by atoms with Crippen LogP contribution in [0.3, 0.4) is 0 Å². The second kappa shape index (κ2) is 6.75. The summed E-state index contributed by atoms with van der Waals surface area (Å²) >= 11 is 0. The van der Waals surface area contributed by atoms with Crippen LogP contribution in [0, 0.1) is 22.7 Å². The van der Waals surface area contributed by atoms with Crippen LogP contribution in [0.5, 0.6) is 5.75 Å². The number of nitrogens with one attached hydrogen (secondary N) is 1. The Bertz CT molecular complexity index is 1140. The van der Waals surface area contributed by atoms with Crippen molar-refractivity contribution in [2.75, 3.05) is 0 Å². The van der Waals surface area contributed by atoms with E-state index in [1.165, 1.54) is 10.6 Å². The van der Waals surface area contributed by atoms with Gasteiger partial charge in [-0.1, -0.05) is 12.1 Å². The molecule has 10 heteroatoms. The molecular formula is C16H11N7O3. The molecule has 0 saturated heterocycles. The summed E-state index contributed by atoms with van der Waals surface area (Å²) in [6.07, 6.45) is 0. The fourth-order valence-corrected chi connectivity index (χ4v) is 2.36. The summed E-state index contributed by atoms with van der Waals surface area (Å²) in [7, 11) is 0. The lowest BCUT2D eigenvalue weighted by molar-refractivity contribution is 0.393. The molecule has 0 unspecified atom stereocenters. The van der Waals surface area contributed by atoms with E-state index in [4.69, 9.17) is 15.0 Å². The molecule has 10 nitrogen and oxygen atoms in total. The van der Waals surface area contributed by atoms with E-state index in [9.17, 15) is 9.90 Å². The number of aromatic hydroxyl groups is 1. The maximum absolute atomic E-state index is 11.9. The van der Waals surface area contributed by atoms with E-state index in [-0.39, 0.29) is 34.5 Å². The number of phenols is 1. The van der Waals surface area contributed by atoms with Crippen molar-refractivity contribution in [3.05, 3.63) is 46.1 Å². The quantitative estimate of drug-likeness (QED) is 0.689. The summed E-state index contributed by atoms with van der Waals surface area (Å²) in [6.45, 7) is 2.08. The highest BCUT2D eigenvalue weighted by Gasteiger charge is 2.19. The van der Waals surface area contributed by atoms with Crippen LogP contribution in [0.1, 0.15) is 18.3 Å². The fraction of sp³-hybridized carbons (Fsp3) is 0.125. The zero-order chi connectivity index (χ0) is 18.7. The first kappa shape index (κ1) is 16.7. The van der Waals surface area contributed by atoms with Crippen molar-refractivity contribution < 1.29 is 9.63 Å². The third kappa shape index (κ3) is 2.72. The van der Waals surface area contributed by atoms with E-state index < -0.39 is 5.63 Å². The van der Waals surface area contributed by atoms with Crippen LogP contribution < -0.4 is 5.63 Å². The number of hydrogen-bond donors (Lipinski definition) is 2. The second-order valence-electron chi connectivity index (χ2n) is 5.01. The molecule has 0 aliphatic carbocycles. The first-order valence-corrected chi connectivity index (χ1v) is 7.43. The van der Waals surface area contributed by atoms with E-state index in [0.29, 0.717) is 12.1 Å². The van der Waals surface area contributed by atoms with Gasteiger partial charge in [0.2, 0.25) is 0 Å². The van der Waals surface area contributed by atoms with Crippen molar-refractivity contribution in [1.82, 2.24) is 14.7 Å². The lowest BCUT2D eigenvalue weighted by Crippen LogP contribution is -1.97. The molecular weight excluding hydrogens is 338 g/mol. The van der Waals surface area contributed by atoms with Crippen LogP contribution in [0.4, 0.5) is 11.6 Å². The highest BCUT2D eigenvalue weighted by atomic mass is 16.5. The molecule has 0 aliphatic heterocycles. The standard InChI is InChI=1S/C16H11N7O3/c1-2-23-11(8-18)10(7-17)19-16(23)21-20-14-13(22-26-15(14)25)9-5-3-4-6-12(9)24/h3-6,22,24H,2H2,1H3. The van der Waals surface area contributed by atoms with Gasteiger partial charge in [0.05, 0.1) is 0 Å². The summed E-state index contributed by atoms with van der Waals surface area (Å²) in [5.74, 6) is -0.0703. The number of para-hydroxylation sites is 1. The maximum atomic E-state index is 11.9. The lowest BCUT2D eigenvalue weighted by atomic mass is 10.1. The van der Waals surface area contributed by atoms with Crippen LogP contribution in [-0.2, 0) is 6.54 Å². The normalized spacial score (nSPS) is 10.7. The Kier molecular flexibility index (Phi) is 4.33. The van der Waals surface area contributed by atoms with Crippen molar-refractivity contribution in [1.29, 1.82) is 10.5 Å². The summed E-state index contributed by atoms with van der Waals surface area (Å²) in [5, 5.41) is 38.3. The number of phenolic OH excluding ortho intramolecular Hbond substituents is 1. The molecule has 0 atom stereocenters. The van der Waals surface area contributed by atoms with Gasteiger partial charge in [0, 0.05) is 12.1 Å². The van der Waals surface area contributed by atoms with Gasteiger partial charge in [-0.15, -0.1) is 10.2 Å². The summed E-state index contributed by atoms with van der Waals surface area (Å²) in [4.78, 5) is 15.9. The number of aromatic nitrogens is 3. The Hall–Kier alpha value is -4.18. The van der Waals surface area contributed by atoms with E-state index in [1.54, 1.807) is 25.1 Å². The fourth-order valence-electron chi connectivity index (χ4n) is 2.36. The van der Waals surface area contributed by atoms with Gasteiger partial charge in [-0.25, -0.2) is 9.95 Å². The average Bonchev–Trinajstić information content (AvgIpc) is 3.19. The topological polar surface area (TPSA) is 156 Å². The summed E-state index contributed by atoms with van der Waals surface area (Å²) in [6, 6.07) is 10.0. The predicted octanol–water partition coefficient (Wildman–Crippen LogP) is 2.72. The van der Waals surface area contributed by atoms with Gasteiger partial charge in [0.1, 0.15) is 23.6 Å². The van der Waals surface area contributed by atoms with Crippen molar-refractivity contribution >= 4 is 11.6 Å². The maximum Gasteiger partial charge on any atom is 0.385 e. The Balaban J connectivity index is 2.10. The first-order valence-electron chi connectivity index (χ1n) is 7.43. The highest BCUT2D eigenvalue weighted by Crippen LogP contribution is 2.33. The van der Waals surface area contributed by atoms with Crippen LogP contribution >= 0.6 is 0 Å². The highest BCUT2D eigenvalue weighted by molar-refractivity contribution is 5.75. The van der Waals surface area contributed by atoms with E-state index in [1.807, 2.05) is 12.1 Å². The molecule has 0 radical (unpaired) electrons. The van der Waals surface area contributed by atoms with E-state index in [2.05, 4.69) is 20.4 Å². The minimum absolute atomic E-state index is 0.00411. The van der Waals surface area contributed by atoms with Gasteiger partial charge >= 0.3 is 5.63 Å². The SMILES string of the molecule is CCn1c(N=Nc2c(-c3ccccc3O)[nH]oc2=O)nc(C#N)c1C#N. The Labute approximate surface area is 146 Å². The number of imidazole rings is 1. The van der Waals surface area contributed by atoms with Crippen LogP contribution in [0.15, 0.2) is 43.8 Å².